The van der Waals surface area contributed by atoms with Gasteiger partial charge in [-0.15, -0.1) is 0 Å². The lowest BCUT2D eigenvalue weighted by molar-refractivity contribution is 0.0697. The van der Waals surface area contributed by atoms with Crippen molar-refractivity contribution in [3.05, 3.63) is 82.7 Å². The quantitative estimate of drug-likeness (QED) is 0.194. The molecule has 0 radical (unpaired) electrons. The molecule has 0 unspecified atom stereocenters. The van der Waals surface area contributed by atoms with Gasteiger partial charge >= 0.3 is 5.97 Å². The molecule has 1 saturated carbocycles. The first-order chi connectivity index (χ1) is 18.2. The number of furan rings is 1. The first kappa shape index (κ1) is 25.3. The number of hydrogen-bond acceptors (Lipinski definition) is 6. The summed E-state index contributed by atoms with van der Waals surface area (Å²) in [6.07, 6.45) is 1.82. The van der Waals surface area contributed by atoms with E-state index in [2.05, 4.69) is 5.32 Å². The lowest BCUT2D eigenvalue weighted by Crippen LogP contribution is -2.22. The van der Waals surface area contributed by atoms with Gasteiger partial charge in [0.15, 0.2) is 0 Å². The Morgan fingerprint density at radius 3 is 2.45 bits per heavy atom. The standard InChI is InChI=1S/C27H24FN3O6S/c1-30-26(32)24-21-12-19(14-2-3-14)16(10-23(21)37-25(24)15-4-6-17(28)7-5-15)13-31(38(35)36)18-8-9-22(29)20(11-18)27(33)34/h4-12,14,38H,2-3,13,29H2,1H3,(H,30,32)(H,33,34). The predicted octanol–water partition coefficient (Wildman–Crippen LogP) is 4.29. The largest absolute Gasteiger partial charge is 0.478 e. The molecule has 1 heterocycles. The minimum atomic E-state index is -3.14. The number of carboxylic acid groups (broad SMARTS) is 1. The Kier molecular flexibility index (Phi) is 6.53. The topological polar surface area (TPSA) is 143 Å². The Morgan fingerprint density at radius 2 is 1.84 bits per heavy atom. The summed E-state index contributed by atoms with van der Waals surface area (Å²) in [7, 11) is -1.64. The van der Waals surface area contributed by atoms with Crippen LogP contribution in [0.25, 0.3) is 22.3 Å². The molecule has 0 spiro atoms. The van der Waals surface area contributed by atoms with Gasteiger partial charge in [0.1, 0.15) is 17.2 Å². The van der Waals surface area contributed by atoms with E-state index in [0.29, 0.717) is 27.7 Å². The van der Waals surface area contributed by atoms with Crippen LogP contribution < -0.4 is 15.4 Å². The van der Waals surface area contributed by atoms with Crippen LogP contribution in [0.15, 0.2) is 59.0 Å². The number of anilines is 2. The van der Waals surface area contributed by atoms with E-state index in [1.165, 1.54) is 49.5 Å². The number of hydrogen-bond donors (Lipinski definition) is 4. The number of carbonyl (C=O) groups excluding carboxylic acids is 1. The molecule has 1 aromatic heterocycles. The molecule has 1 amide bonds. The van der Waals surface area contributed by atoms with E-state index in [1.807, 2.05) is 6.07 Å². The summed E-state index contributed by atoms with van der Waals surface area (Å²) >= 11 is 0. The Bertz CT molecular complexity index is 1650. The van der Waals surface area contributed by atoms with Crippen LogP contribution in [-0.4, -0.2) is 32.4 Å². The summed E-state index contributed by atoms with van der Waals surface area (Å²) in [5.74, 6) is -1.61. The minimum Gasteiger partial charge on any atom is -0.478 e. The van der Waals surface area contributed by atoms with Gasteiger partial charge in [0, 0.05) is 23.7 Å². The number of thiol groups is 1. The first-order valence-electron chi connectivity index (χ1n) is 11.8. The molecule has 11 heteroatoms. The molecule has 0 bridgehead atoms. The highest BCUT2D eigenvalue weighted by Gasteiger charge is 2.30. The molecule has 1 aliphatic carbocycles. The van der Waals surface area contributed by atoms with Crippen LogP contribution in [0.1, 0.15) is 50.6 Å². The van der Waals surface area contributed by atoms with Gasteiger partial charge in [0.25, 0.3) is 5.91 Å². The Labute approximate surface area is 218 Å². The molecular weight excluding hydrogens is 513 g/mol. The normalized spacial score (nSPS) is 13.1. The molecule has 1 aliphatic rings. The molecule has 196 valence electrons. The summed E-state index contributed by atoms with van der Waals surface area (Å²) in [4.78, 5) is 24.5. The zero-order valence-corrected chi connectivity index (χ0v) is 21.1. The van der Waals surface area contributed by atoms with Crippen molar-refractivity contribution >= 4 is 45.1 Å². The van der Waals surface area contributed by atoms with Crippen LogP contribution in [0.5, 0.6) is 0 Å². The van der Waals surface area contributed by atoms with E-state index in [9.17, 15) is 27.5 Å². The number of amides is 1. The highest BCUT2D eigenvalue weighted by Crippen LogP contribution is 2.45. The molecule has 0 saturated heterocycles. The van der Waals surface area contributed by atoms with Gasteiger partial charge in [-0.3, -0.25) is 9.10 Å². The van der Waals surface area contributed by atoms with Crippen molar-refractivity contribution in [2.24, 2.45) is 0 Å². The van der Waals surface area contributed by atoms with Crippen LogP contribution >= 0.6 is 0 Å². The van der Waals surface area contributed by atoms with E-state index in [-0.39, 0.29) is 41.1 Å². The number of carboxylic acids is 1. The van der Waals surface area contributed by atoms with Gasteiger partial charge in [-0.05, 0) is 84.5 Å². The van der Waals surface area contributed by atoms with E-state index >= 15 is 0 Å². The second kappa shape index (κ2) is 9.82. The molecule has 4 aromatic rings. The van der Waals surface area contributed by atoms with Crippen LogP contribution in [-0.2, 0) is 17.4 Å². The fraction of sp³-hybridized carbons (Fsp3) is 0.185. The van der Waals surface area contributed by atoms with Crippen molar-refractivity contribution in [1.29, 1.82) is 0 Å². The number of aromatic carboxylic acids is 1. The zero-order chi connectivity index (χ0) is 27.1. The fourth-order valence-electron chi connectivity index (χ4n) is 4.56. The highest BCUT2D eigenvalue weighted by atomic mass is 32.2. The summed E-state index contributed by atoms with van der Waals surface area (Å²) in [5.41, 5.74) is 8.46. The van der Waals surface area contributed by atoms with Gasteiger partial charge in [0.2, 0.25) is 10.9 Å². The minimum absolute atomic E-state index is 0.0213. The maximum Gasteiger partial charge on any atom is 0.337 e. The average Bonchev–Trinajstić information content (AvgIpc) is 3.67. The van der Waals surface area contributed by atoms with Crippen molar-refractivity contribution in [2.75, 3.05) is 17.1 Å². The van der Waals surface area contributed by atoms with Crippen LogP contribution in [0, 0.1) is 5.82 Å². The Balaban J connectivity index is 1.65. The molecule has 38 heavy (non-hydrogen) atoms. The van der Waals surface area contributed by atoms with Gasteiger partial charge in [-0.2, -0.15) is 0 Å². The zero-order valence-electron chi connectivity index (χ0n) is 20.2. The van der Waals surface area contributed by atoms with Gasteiger partial charge in [-0.1, -0.05) is 0 Å². The molecule has 3 aromatic carbocycles. The molecule has 4 N–H and O–H groups in total. The maximum absolute atomic E-state index is 13.5. The summed E-state index contributed by atoms with van der Waals surface area (Å²) in [5, 5.41) is 12.6. The lowest BCUT2D eigenvalue weighted by atomic mass is 9.97. The van der Waals surface area contributed by atoms with Crippen LogP contribution in [0.3, 0.4) is 0 Å². The number of fused-ring (bicyclic) bond motifs is 1. The number of carbonyl (C=O) groups is 2. The van der Waals surface area contributed by atoms with Crippen molar-refractivity contribution in [3.8, 4) is 11.3 Å². The van der Waals surface area contributed by atoms with Crippen molar-refractivity contribution < 1.29 is 31.9 Å². The predicted molar refractivity (Wildman–Crippen MR) is 141 cm³/mol. The SMILES string of the molecule is CNC(=O)c1c(-c2ccc(F)cc2)oc2cc(CN(c3ccc(N)c(C(=O)O)c3)[SH](=O)=O)c(C3CC3)cc12. The Morgan fingerprint density at radius 1 is 1.13 bits per heavy atom. The fourth-order valence-corrected chi connectivity index (χ4v) is 5.14. The number of nitrogens with two attached hydrogens (primary N) is 1. The van der Waals surface area contributed by atoms with E-state index < -0.39 is 22.7 Å². The molecule has 5 rings (SSSR count). The number of nitrogen functional groups attached to an aromatic ring is 1. The molecule has 1 fully saturated rings. The monoisotopic (exact) mass is 537 g/mol. The highest BCUT2D eigenvalue weighted by molar-refractivity contribution is 7.74. The number of nitrogens with zero attached hydrogens (tertiary/aromatic N) is 1. The van der Waals surface area contributed by atoms with Gasteiger partial charge in [-0.25, -0.2) is 17.6 Å². The Hall–Kier alpha value is -4.38. The molecule has 0 atom stereocenters. The van der Waals surface area contributed by atoms with E-state index in [4.69, 9.17) is 10.2 Å². The summed E-state index contributed by atoms with van der Waals surface area (Å²) in [6, 6.07) is 13.2. The van der Waals surface area contributed by atoms with Crippen LogP contribution in [0.2, 0.25) is 0 Å². The van der Waals surface area contributed by atoms with Crippen molar-refractivity contribution in [2.45, 2.75) is 25.3 Å². The molecule has 0 aliphatic heterocycles. The smallest absolute Gasteiger partial charge is 0.337 e. The van der Waals surface area contributed by atoms with E-state index in [0.717, 1.165) is 22.7 Å². The van der Waals surface area contributed by atoms with Gasteiger partial charge in [0.05, 0.1) is 23.4 Å². The summed E-state index contributed by atoms with van der Waals surface area (Å²) < 4.78 is 45.4. The second-order valence-corrected chi connectivity index (χ2v) is 10.0. The molecular formula is C27H24FN3O6S. The second-order valence-electron chi connectivity index (χ2n) is 9.09. The number of nitrogens with one attached hydrogen (secondary N) is 1. The third kappa shape index (κ3) is 4.68. The van der Waals surface area contributed by atoms with Crippen molar-refractivity contribution in [3.63, 3.8) is 0 Å². The average molecular weight is 538 g/mol. The lowest BCUT2D eigenvalue weighted by Gasteiger charge is -2.20. The maximum atomic E-state index is 13.5. The third-order valence-electron chi connectivity index (χ3n) is 6.61. The summed E-state index contributed by atoms with van der Waals surface area (Å²) in [6.45, 7) is -0.0780. The molecule has 9 nitrogen and oxygen atoms in total. The van der Waals surface area contributed by atoms with E-state index in [1.54, 1.807) is 6.07 Å². The third-order valence-corrected chi connectivity index (χ3v) is 7.38. The van der Waals surface area contributed by atoms with Crippen LogP contribution in [0.4, 0.5) is 15.8 Å². The van der Waals surface area contributed by atoms with Crippen molar-refractivity contribution in [1.82, 2.24) is 5.32 Å². The first-order valence-corrected chi connectivity index (χ1v) is 12.9. The number of halogens is 1. The number of benzene rings is 3. The number of rotatable bonds is 8. The van der Waals surface area contributed by atoms with Gasteiger partial charge < -0.3 is 20.6 Å².